The van der Waals surface area contributed by atoms with E-state index >= 15 is 0 Å². The Morgan fingerprint density at radius 3 is 2.47 bits per heavy atom. The van der Waals surface area contributed by atoms with E-state index in [4.69, 9.17) is 4.74 Å². The number of nitrogens with one attached hydrogen (secondary N) is 1. The summed E-state index contributed by atoms with van der Waals surface area (Å²) in [6, 6.07) is 6.91. The fourth-order valence-electron chi connectivity index (χ4n) is 8.87. The number of ketones is 2. The van der Waals surface area contributed by atoms with Gasteiger partial charge in [0.15, 0.2) is 18.4 Å². The molecule has 1 aromatic carbocycles. The van der Waals surface area contributed by atoms with E-state index in [1.165, 1.54) is 0 Å². The minimum absolute atomic E-state index is 0.00274. The maximum absolute atomic E-state index is 13.4. The highest BCUT2D eigenvalue weighted by Crippen LogP contribution is 2.67. The topological polar surface area (TPSA) is 167 Å². The zero-order valence-electron chi connectivity index (χ0n) is 24.7. The molecule has 10 nitrogen and oxygen atoms in total. The number of carbonyl (C=O) groups excluding carboxylic acids is 4. The van der Waals surface area contributed by atoms with Gasteiger partial charge in [-0.1, -0.05) is 49.8 Å². The van der Waals surface area contributed by atoms with Gasteiger partial charge in [0.25, 0.3) is 0 Å². The number of carboxylic acid groups (broad SMARTS) is 1. The monoisotopic (exact) mass is 595 g/mol. The number of benzene rings is 1. The predicted octanol–water partition coefficient (Wildman–Crippen LogP) is 3.05. The number of aliphatic hydroxyl groups excluding tert-OH is 1. The van der Waals surface area contributed by atoms with Gasteiger partial charge >= 0.3 is 11.9 Å². The molecule has 0 saturated heterocycles. The van der Waals surface area contributed by atoms with Gasteiger partial charge in [0.05, 0.1) is 12.5 Å². The van der Waals surface area contributed by atoms with Crippen LogP contribution in [0.5, 0.6) is 0 Å². The molecule has 5 rings (SSSR count). The highest BCUT2D eigenvalue weighted by molar-refractivity contribution is 5.92. The number of aliphatic carboxylic acids is 1. The van der Waals surface area contributed by atoms with Crippen LogP contribution in [0.3, 0.4) is 0 Å². The van der Waals surface area contributed by atoms with E-state index in [0.29, 0.717) is 24.8 Å². The van der Waals surface area contributed by atoms with E-state index in [0.717, 1.165) is 18.4 Å². The molecule has 43 heavy (non-hydrogen) atoms. The van der Waals surface area contributed by atoms with Crippen molar-refractivity contribution in [1.82, 2.24) is 5.32 Å². The third kappa shape index (κ3) is 5.44. The summed E-state index contributed by atoms with van der Waals surface area (Å²) in [6.45, 7) is 3.35. The fraction of sp³-hybridized carbons (Fsp3) is 0.606. The molecule has 4 aliphatic carbocycles. The molecule has 0 aromatic heterocycles. The molecule has 0 bridgehead atoms. The van der Waals surface area contributed by atoms with E-state index in [1.807, 2.05) is 6.92 Å². The third-order valence-corrected chi connectivity index (χ3v) is 11.1. The number of ether oxygens (including phenoxy) is 1. The summed E-state index contributed by atoms with van der Waals surface area (Å²) in [5.74, 6) is -3.16. The molecule has 10 heteroatoms. The predicted molar refractivity (Wildman–Crippen MR) is 153 cm³/mol. The van der Waals surface area contributed by atoms with Crippen molar-refractivity contribution in [1.29, 1.82) is 0 Å². The zero-order valence-corrected chi connectivity index (χ0v) is 24.7. The quantitative estimate of drug-likeness (QED) is 0.314. The second kappa shape index (κ2) is 11.6. The zero-order chi connectivity index (χ0) is 31.2. The van der Waals surface area contributed by atoms with Gasteiger partial charge in [0.2, 0.25) is 11.7 Å². The Morgan fingerprint density at radius 2 is 1.77 bits per heavy atom. The van der Waals surface area contributed by atoms with Crippen molar-refractivity contribution in [2.75, 3.05) is 6.61 Å². The lowest BCUT2D eigenvalue weighted by atomic mass is 9.45. The van der Waals surface area contributed by atoms with Gasteiger partial charge in [-0.3, -0.25) is 19.2 Å². The fourth-order valence-corrected chi connectivity index (χ4v) is 8.87. The number of rotatable bonds is 9. The van der Waals surface area contributed by atoms with E-state index in [2.05, 4.69) is 12.2 Å². The SMILES string of the molecule is C[C@]12CCC(=O)C=C1CC[C@H]1[C@H]2[C@@H](O)C[C@@]2(C)[C@@H]1CC[C@]2(O)C(=O)COC(=O)CCC(=O)N[C@H](C(=O)O)c1ccccc1. The van der Waals surface area contributed by atoms with Gasteiger partial charge in [0.1, 0.15) is 5.60 Å². The molecular weight excluding hydrogens is 554 g/mol. The van der Waals surface area contributed by atoms with Crippen LogP contribution in [-0.2, 0) is 28.7 Å². The van der Waals surface area contributed by atoms with Crippen LogP contribution < -0.4 is 5.32 Å². The van der Waals surface area contributed by atoms with E-state index < -0.39 is 53.4 Å². The summed E-state index contributed by atoms with van der Waals surface area (Å²) in [6.07, 6.45) is 4.07. The normalized spacial score (nSPS) is 35.4. The molecule has 0 heterocycles. The molecule has 3 fully saturated rings. The number of carboxylic acids is 1. The second-order valence-corrected chi connectivity index (χ2v) is 13.3. The lowest BCUT2D eigenvalue weighted by molar-refractivity contribution is -0.184. The first-order valence-corrected chi connectivity index (χ1v) is 15.2. The van der Waals surface area contributed by atoms with Gasteiger partial charge in [-0.2, -0.15) is 0 Å². The highest BCUT2D eigenvalue weighted by Gasteiger charge is 2.68. The Balaban J connectivity index is 1.18. The van der Waals surface area contributed by atoms with Crippen LogP contribution in [0.2, 0.25) is 0 Å². The minimum atomic E-state index is -1.77. The summed E-state index contributed by atoms with van der Waals surface area (Å²) >= 11 is 0. The summed E-state index contributed by atoms with van der Waals surface area (Å²) in [5, 5.41) is 35.2. The standard InChI is InChI=1S/C33H41NO9/c1-31-14-12-21(35)16-20(31)8-9-22-23-13-15-33(42,32(23,2)17-24(36)28(22)31)25(37)18-43-27(39)11-10-26(38)34-29(30(40)41)19-6-4-3-5-7-19/h3-7,16,22-24,28-29,36,42H,8-15,17-18H2,1-2H3,(H,34,38)(H,40,41)/t22-,23-,24+,28+,29+,31+,32+,33+/m1/s1. The van der Waals surface area contributed by atoms with Crippen molar-refractivity contribution in [2.24, 2.45) is 28.6 Å². The average molecular weight is 596 g/mol. The summed E-state index contributed by atoms with van der Waals surface area (Å²) < 4.78 is 5.18. The van der Waals surface area contributed by atoms with Crippen LogP contribution in [0.1, 0.15) is 83.2 Å². The lowest BCUT2D eigenvalue weighted by Gasteiger charge is -2.60. The largest absolute Gasteiger partial charge is 0.479 e. The van der Waals surface area contributed by atoms with Crippen LogP contribution >= 0.6 is 0 Å². The van der Waals surface area contributed by atoms with Crippen molar-refractivity contribution in [3.05, 3.63) is 47.5 Å². The molecule has 1 aromatic rings. The van der Waals surface area contributed by atoms with Crippen molar-refractivity contribution in [3.8, 4) is 0 Å². The number of aliphatic hydroxyl groups is 2. The van der Waals surface area contributed by atoms with Crippen LogP contribution in [0.25, 0.3) is 0 Å². The van der Waals surface area contributed by atoms with E-state index in [-0.39, 0.29) is 54.6 Å². The van der Waals surface area contributed by atoms with Gasteiger partial charge in [-0.05, 0) is 73.3 Å². The van der Waals surface area contributed by atoms with Gasteiger partial charge < -0.3 is 25.4 Å². The number of esters is 1. The Kier molecular flexibility index (Phi) is 8.39. The number of hydrogen-bond acceptors (Lipinski definition) is 8. The van der Waals surface area contributed by atoms with Crippen LogP contribution in [-0.4, -0.2) is 63.0 Å². The first-order chi connectivity index (χ1) is 20.3. The third-order valence-electron chi connectivity index (χ3n) is 11.1. The van der Waals surface area contributed by atoms with Crippen LogP contribution in [0.15, 0.2) is 42.0 Å². The Bertz CT molecular complexity index is 1340. The molecule has 4 N–H and O–H groups in total. The van der Waals surface area contributed by atoms with Gasteiger partial charge in [-0.25, -0.2) is 4.79 Å². The van der Waals surface area contributed by atoms with E-state index in [1.54, 1.807) is 36.4 Å². The van der Waals surface area contributed by atoms with Crippen molar-refractivity contribution in [2.45, 2.75) is 89.4 Å². The molecule has 1 amide bonds. The van der Waals surface area contributed by atoms with Gasteiger partial charge in [-0.15, -0.1) is 0 Å². The lowest BCUT2D eigenvalue weighted by Crippen LogP contribution is -2.62. The molecular formula is C33H41NO9. The molecule has 0 radical (unpaired) electrons. The molecule has 4 aliphatic rings. The number of carbonyl (C=O) groups is 5. The number of hydrogen-bond donors (Lipinski definition) is 4. The first kappa shape index (κ1) is 31.1. The number of Topliss-reactive ketones (excluding diaryl/α,β-unsaturated/α-hetero) is 1. The van der Waals surface area contributed by atoms with Crippen molar-refractivity contribution >= 4 is 29.4 Å². The van der Waals surface area contributed by atoms with E-state index in [9.17, 15) is 39.3 Å². The van der Waals surface area contributed by atoms with Crippen LogP contribution in [0, 0.1) is 28.6 Å². The summed E-state index contributed by atoms with van der Waals surface area (Å²) in [4.78, 5) is 62.0. The second-order valence-electron chi connectivity index (χ2n) is 13.3. The Hall–Kier alpha value is -3.37. The van der Waals surface area contributed by atoms with Gasteiger partial charge in [0, 0.05) is 18.3 Å². The minimum Gasteiger partial charge on any atom is -0.479 e. The number of amides is 1. The Morgan fingerprint density at radius 1 is 1.05 bits per heavy atom. The average Bonchev–Trinajstić information content (AvgIpc) is 3.24. The molecule has 8 atom stereocenters. The highest BCUT2D eigenvalue weighted by atomic mass is 16.5. The molecule has 3 saturated carbocycles. The molecule has 0 aliphatic heterocycles. The summed E-state index contributed by atoms with van der Waals surface area (Å²) in [7, 11) is 0. The Labute approximate surface area is 250 Å². The first-order valence-electron chi connectivity index (χ1n) is 15.2. The molecule has 232 valence electrons. The van der Waals surface area contributed by atoms with Crippen LogP contribution in [0.4, 0.5) is 0 Å². The number of allylic oxidation sites excluding steroid dienone is 1. The molecule has 0 spiro atoms. The van der Waals surface area contributed by atoms with Crippen molar-refractivity contribution in [3.63, 3.8) is 0 Å². The maximum Gasteiger partial charge on any atom is 0.330 e. The van der Waals surface area contributed by atoms with Crippen molar-refractivity contribution < 1.29 is 44.0 Å². The maximum atomic E-state index is 13.4. The molecule has 0 unspecified atom stereocenters. The summed E-state index contributed by atoms with van der Waals surface area (Å²) in [5.41, 5.74) is -1.46. The smallest absolute Gasteiger partial charge is 0.330 e. The number of fused-ring (bicyclic) bond motifs is 5.